The average Bonchev–Trinajstić information content (AvgIpc) is 1.70. The zero-order valence-corrected chi connectivity index (χ0v) is 73.3. The van der Waals surface area contributed by atoms with Crippen LogP contribution in [0.2, 0.25) is 0 Å². The summed E-state index contributed by atoms with van der Waals surface area (Å²) in [6.07, 6.45) is 5.44. The van der Waals surface area contributed by atoms with E-state index in [0.29, 0.717) is 151 Å². The summed E-state index contributed by atoms with van der Waals surface area (Å²) in [5, 5.41) is 60.9. The lowest BCUT2D eigenvalue weighted by Gasteiger charge is -2.21. The number of aliphatic hydroxyl groups is 3. The number of methoxy groups -OCH3 is 6. The van der Waals surface area contributed by atoms with Crippen LogP contribution in [0.15, 0.2) is 164 Å². The van der Waals surface area contributed by atoms with Crippen molar-refractivity contribution < 1.29 is 72.5 Å². The Morgan fingerprint density at radius 2 is 0.653 bits per heavy atom. The molecule has 5 unspecified atom stereocenters. The Kier molecular flexibility index (Phi) is 39.8. The third kappa shape index (κ3) is 28.3. The summed E-state index contributed by atoms with van der Waals surface area (Å²) in [4.78, 5) is 80.1. The van der Waals surface area contributed by atoms with Gasteiger partial charge in [-0.15, -0.1) is 0 Å². The molecule has 0 spiro atoms. The Hall–Kier alpha value is -11.6. The molecular weight excluding hydrogens is 1540 g/mol. The first-order valence-electron chi connectivity index (χ1n) is 42.2. The predicted octanol–water partition coefficient (Wildman–Crippen LogP) is 13.3. The zero-order valence-electron chi connectivity index (χ0n) is 73.3. The van der Waals surface area contributed by atoms with Crippen LogP contribution in [0, 0.1) is 17.8 Å². The van der Waals surface area contributed by atoms with Crippen LogP contribution in [-0.4, -0.2) is 179 Å². The number of benzene rings is 6. The molecule has 0 aliphatic heterocycles. The molecule has 654 valence electrons. The molecule has 9 rings (SSSR count). The van der Waals surface area contributed by atoms with Crippen molar-refractivity contribution >= 4 is 35.4 Å². The number of aliphatic hydroxyl groups excluding tert-OH is 3. The highest BCUT2D eigenvalue weighted by molar-refractivity contribution is 5.99. The third-order valence-corrected chi connectivity index (χ3v) is 21.7. The first-order chi connectivity index (χ1) is 58.3. The molecule has 0 saturated heterocycles. The molecule has 9 aromatic rings. The molecule has 0 bridgehead atoms. The van der Waals surface area contributed by atoms with Crippen molar-refractivity contribution in [2.45, 2.75) is 202 Å². The molecule has 0 aliphatic carbocycles. The Labute approximate surface area is 713 Å². The highest BCUT2D eigenvalue weighted by Gasteiger charge is 2.32. The average molecular weight is 1670 g/mol. The fourth-order valence-electron chi connectivity index (χ4n) is 13.4. The largest absolute Gasteiger partial charge is 0.496 e. The van der Waals surface area contributed by atoms with E-state index in [2.05, 4.69) is 78.5 Å². The van der Waals surface area contributed by atoms with Crippen LogP contribution in [-0.2, 0) is 46.7 Å². The van der Waals surface area contributed by atoms with Gasteiger partial charge in [0.05, 0.1) is 101 Å². The maximum Gasteiger partial charge on any atom is 0.272 e. The third-order valence-electron chi connectivity index (χ3n) is 21.7. The van der Waals surface area contributed by atoms with Gasteiger partial charge in [0.2, 0.25) is 17.7 Å². The van der Waals surface area contributed by atoms with Crippen LogP contribution in [0.4, 0.5) is 0 Å². The summed E-state index contributed by atoms with van der Waals surface area (Å²) in [5.41, 5.74) is 7.93. The normalized spacial score (nSPS) is 13.1. The Balaban J connectivity index is 0.000000250. The number of aromatic nitrogens is 6. The van der Waals surface area contributed by atoms with E-state index >= 15 is 0 Å². The number of carbonyl (C=O) groups excluding carboxylic acids is 6. The standard InChI is InChI=1S/C32H44N4O5.2C31H42N4O5/c1-6-22(7-2)21-36-27(30-28(40-4)15-12-16-29(30)41-5)19-26(35-36)32(39)34-25(31(38)33-20-24(37)8-3)18-17-23-13-10-9-11-14-23;1-7-23(36)19-32-30(37)24(17-16-22-12-9-8-10-13-22)33-31(38)25-18-26(35(34-25)21(4)20(2)3)29-27(39-5)14-11-15-28(29)40-6;1-6-21(3)20-35-26(29-27(39-4)14-11-15-28(29)40-5)18-25(34-35)31(38)33-24(30(37)32-19-23(36)7-2)17-16-22-12-9-8-10-13-22/h9-16,19,22,24-25,37H,6-8,17-18,20-21H2,1-5H3,(H,33,38)(H,34,39);8-15,18,20-21,23-24,36H,7,16-17,19H2,1-6H3,(H,32,37)(H,33,38);8-15,18,21,23-24,36H,6-7,16-17,19-20H2,1-5H3,(H,32,37)(H,33,38)/t24?,25-;2*21?,23?,24-/m000/s1. The van der Waals surface area contributed by atoms with E-state index in [1.54, 1.807) is 65.5 Å². The van der Waals surface area contributed by atoms with Crippen LogP contribution in [0.25, 0.3) is 33.8 Å². The zero-order chi connectivity index (χ0) is 88.1. The van der Waals surface area contributed by atoms with Crippen molar-refractivity contribution in [1.82, 2.24) is 61.2 Å². The molecule has 6 aromatic carbocycles. The van der Waals surface area contributed by atoms with Crippen molar-refractivity contribution in [2.75, 3.05) is 62.3 Å². The number of rotatable bonds is 45. The van der Waals surface area contributed by atoms with Gasteiger partial charge in [0.25, 0.3) is 17.7 Å². The number of carbonyl (C=O) groups is 6. The minimum absolute atomic E-state index is 0.0427. The lowest BCUT2D eigenvalue weighted by Crippen LogP contribution is -2.48. The van der Waals surface area contributed by atoms with Crippen molar-refractivity contribution in [1.29, 1.82) is 0 Å². The first-order valence-corrected chi connectivity index (χ1v) is 42.2. The van der Waals surface area contributed by atoms with Gasteiger partial charge in [-0.3, -0.25) is 42.8 Å². The van der Waals surface area contributed by atoms with Gasteiger partial charge >= 0.3 is 0 Å². The summed E-state index contributed by atoms with van der Waals surface area (Å²) >= 11 is 0. The summed E-state index contributed by atoms with van der Waals surface area (Å²) in [6.45, 7) is 21.8. The Morgan fingerprint density at radius 1 is 0.364 bits per heavy atom. The van der Waals surface area contributed by atoms with E-state index in [0.717, 1.165) is 36.0 Å². The monoisotopic (exact) mass is 1660 g/mol. The minimum Gasteiger partial charge on any atom is -0.496 e. The minimum atomic E-state index is -0.811. The van der Waals surface area contributed by atoms with Gasteiger partial charge in [-0.05, 0) is 154 Å². The van der Waals surface area contributed by atoms with E-state index in [-0.39, 0.29) is 66.4 Å². The summed E-state index contributed by atoms with van der Waals surface area (Å²) in [6, 6.07) is 48.7. The molecule has 0 aliphatic rings. The number of nitrogens with zero attached hydrogens (tertiary/aromatic N) is 6. The quantitative estimate of drug-likeness (QED) is 0.0171. The summed E-state index contributed by atoms with van der Waals surface area (Å²) in [5.74, 6) is 2.10. The van der Waals surface area contributed by atoms with Gasteiger partial charge in [-0.25, -0.2) is 0 Å². The van der Waals surface area contributed by atoms with Gasteiger partial charge in [0.15, 0.2) is 17.1 Å². The lowest BCUT2D eigenvalue weighted by molar-refractivity contribution is -0.124. The van der Waals surface area contributed by atoms with Crippen molar-refractivity contribution in [3.63, 3.8) is 0 Å². The van der Waals surface area contributed by atoms with Crippen LogP contribution in [0.5, 0.6) is 34.5 Å². The second-order valence-electron chi connectivity index (χ2n) is 30.4. The van der Waals surface area contributed by atoms with E-state index in [1.165, 1.54) is 0 Å². The van der Waals surface area contributed by atoms with Crippen molar-refractivity contribution in [3.05, 3.63) is 198 Å². The van der Waals surface area contributed by atoms with E-state index < -0.39 is 54.2 Å². The van der Waals surface area contributed by atoms with Gasteiger partial charge in [-0.2, -0.15) is 15.3 Å². The molecule has 8 atom stereocenters. The topological polar surface area (TPSA) is 344 Å². The second-order valence-corrected chi connectivity index (χ2v) is 30.4. The summed E-state index contributed by atoms with van der Waals surface area (Å²) < 4.78 is 39.3. The molecule has 3 heterocycles. The molecule has 6 amide bonds. The fourth-order valence-corrected chi connectivity index (χ4v) is 13.4. The first kappa shape index (κ1) is 96.6. The van der Waals surface area contributed by atoms with Crippen LogP contribution in [0.3, 0.4) is 0 Å². The maximum absolute atomic E-state index is 13.6. The molecule has 121 heavy (non-hydrogen) atoms. The number of nitrogens with one attached hydrogen (secondary N) is 6. The fraction of sp³-hybridized carbons (Fsp3) is 0.457. The van der Waals surface area contributed by atoms with Gasteiger partial charge in [-0.1, -0.05) is 191 Å². The van der Waals surface area contributed by atoms with E-state index in [4.69, 9.17) is 38.6 Å². The highest BCUT2D eigenvalue weighted by Crippen LogP contribution is 2.43. The number of aryl methyl sites for hydroxylation is 3. The van der Waals surface area contributed by atoms with Crippen molar-refractivity contribution in [3.8, 4) is 68.3 Å². The van der Waals surface area contributed by atoms with E-state index in [1.807, 2.05) is 183 Å². The number of ether oxygens (including phenoxy) is 6. The van der Waals surface area contributed by atoms with E-state index in [9.17, 15) is 44.1 Å². The number of hydrogen-bond acceptors (Lipinski definition) is 18. The molecular formula is C94H128N12O15. The predicted molar refractivity (Wildman–Crippen MR) is 471 cm³/mol. The smallest absolute Gasteiger partial charge is 0.272 e. The molecule has 0 radical (unpaired) electrons. The second kappa shape index (κ2) is 49.9. The maximum atomic E-state index is 13.6. The molecule has 9 N–H and O–H groups in total. The SMILES string of the molecule is CCC(C)Cn1nc(C(=O)N[C@@H](CCc2ccccc2)C(=O)NCC(O)CC)cc1-c1c(OC)cccc1OC.CCC(O)CNC(=O)[C@H](CCc1ccccc1)NC(=O)c1cc(-c2c(OC)cccc2OC)n(C(C)C(C)C)n1.CCC(O)CNC(=O)[C@H](CCc1ccccc1)NC(=O)c1cc(-c2c(OC)cccc2OC)n(CC(CC)CC)n1. The molecule has 0 fully saturated rings. The van der Waals surface area contributed by atoms with Crippen LogP contribution in [0.1, 0.15) is 181 Å². The van der Waals surface area contributed by atoms with Crippen LogP contribution < -0.4 is 60.3 Å². The Bertz CT molecular complexity index is 4620. The Morgan fingerprint density at radius 3 is 0.934 bits per heavy atom. The number of amides is 6. The van der Waals surface area contributed by atoms with Gasteiger partial charge in [0, 0.05) is 32.7 Å². The van der Waals surface area contributed by atoms with Gasteiger partial charge in [0.1, 0.15) is 52.6 Å². The summed E-state index contributed by atoms with van der Waals surface area (Å²) in [7, 11) is 9.55. The van der Waals surface area contributed by atoms with Crippen LogP contribution >= 0.6 is 0 Å². The molecule has 27 nitrogen and oxygen atoms in total. The van der Waals surface area contributed by atoms with Crippen molar-refractivity contribution in [2.24, 2.45) is 17.8 Å². The highest BCUT2D eigenvalue weighted by atomic mass is 16.5. The number of hydrogen-bond donors (Lipinski definition) is 9. The van der Waals surface area contributed by atoms with Gasteiger partial charge < -0.3 is 75.6 Å². The lowest BCUT2D eigenvalue weighted by atomic mass is 10.0. The molecule has 0 saturated carbocycles. The molecule has 27 heteroatoms. The molecule has 3 aromatic heterocycles.